The molecule has 3 rings (SSSR count). The van der Waals surface area contributed by atoms with Crippen LogP contribution in [-0.2, 0) is 11.2 Å². The van der Waals surface area contributed by atoms with E-state index < -0.39 is 0 Å². The Hall–Kier alpha value is -2.16. The number of fused-ring (bicyclic) bond motifs is 3. The van der Waals surface area contributed by atoms with Crippen LogP contribution >= 0.6 is 0 Å². The Bertz CT molecular complexity index is 629. The van der Waals surface area contributed by atoms with Crippen LogP contribution in [0.1, 0.15) is 11.1 Å². The molecule has 16 heavy (non-hydrogen) atoms. The molecule has 78 valence electrons. The third-order valence-corrected chi connectivity index (χ3v) is 2.86. The molecule has 3 heteroatoms. The van der Waals surface area contributed by atoms with Gasteiger partial charge in [-0.3, -0.25) is 4.79 Å². The number of hydrogen-bond acceptors (Lipinski definition) is 3. The molecule has 0 saturated carbocycles. The van der Waals surface area contributed by atoms with Crippen LogP contribution in [0.3, 0.4) is 0 Å². The molecule has 1 heterocycles. The van der Waals surface area contributed by atoms with Crippen LogP contribution < -0.4 is 5.73 Å². The average molecular weight is 210 g/mol. The zero-order valence-corrected chi connectivity index (χ0v) is 8.60. The van der Waals surface area contributed by atoms with E-state index in [1.54, 1.807) is 6.08 Å². The fourth-order valence-corrected chi connectivity index (χ4v) is 2.08. The molecule has 0 unspecified atom stereocenters. The molecule has 0 aliphatic heterocycles. The highest BCUT2D eigenvalue weighted by Gasteiger charge is 2.16. The zero-order chi connectivity index (χ0) is 11.1. The predicted octanol–water partition coefficient (Wildman–Crippen LogP) is 1.96. The largest absolute Gasteiger partial charge is 0.383 e. The van der Waals surface area contributed by atoms with Gasteiger partial charge in [0, 0.05) is 17.4 Å². The van der Waals surface area contributed by atoms with Crippen molar-refractivity contribution in [3.63, 3.8) is 0 Å². The van der Waals surface area contributed by atoms with E-state index in [4.69, 9.17) is 5.73 Å². The molecular formula is C13H10N2O. The van der Waals surface area contributed by atoms with E-state index in [9.17, 15) is 4.79 Å². The van der Waals surface area contributed by atoms with Gasteiger partial charge in [-0.25, -0.2) is 4.98 Å². The van der Waals surface area contributed by atoms with Crippen molar-refractivity contribution in [3.8, 4) is 0 Å². The molecule has 0 fully saturated rings. The third kappa shape index (κ3) is 1.21. The van der Waals surface area contributed by atoms with Gasteiger partial charge in [-0.2, -0.15) is 0 Å². The van der Waals surface area contributed by atoms with Crippen molar-refractivity contribution in [2.45, 2.75) is 6.42 Å². The number of anilines is 1. The fourth-order valence-electron chi connectivity index (χ4n) is 2.08. The Labute approximate surface area is 92.6 Å². The van der Waals surface area contributed by atoms with Gasteiger partial charge in [-0.1, -0.05) is 24.3 Å². The van der Waals surface area contributed by atoms with Gasteiger partial charge in [0.1, 0.15) is 5.82 Å². The van der Waals surface area contributed by atoms with Crippen LogP contribution in [0, 0.1) is 0 Å². The number of hydrogen-bond donors (Lipinski definition) is 1. The summed E-state index contributed by atoms with van der Waals surface area (Å²) in [5, 5.41) is 1.05. The maximum Gasteiger partial charge on any atom is 0.160 e. The van der Waals surface area contributed by atoms with Crippen molar-refractivity contribution in [2.75, 3.05) is 5.73 Å². The summed E-state index contributed by atoms with van der Waals surface area (Å²) < 4.78 is 0. The van der Waals surface area contributed by atoms with Gasteiger partial charge in [-0.05, 0) is 17.7 Å². The first kappa shape index (κ1) is 9.09. The van der Waals surface area contributed by atoms with Crippen LogP contribution in [0.5, 0.6) is 0 Å². The number of nitrogen functional groups attached to an aromatic ring is 1. The maximum atomic E-state index is 11.3. The second kappa shape index (κ2) is 3.17. The molecule has 2 N–H and O–H groups in total. The predicted molar refractivity (Wildman–Crippen MR) is 63.9 cm³/mol. The highest BCUT2D eigenvalue weighted by atomic mass is 16.1. The van der Waals surface area contributed by atoms with E-state index in [1.165, 1.54) is 0 Å². The summed E-state index contributed by atoms with van der Waals surface area (Å²) in [5.74, 6) is 0.544. The Morgan fingerprint density at radius 2 is 2.00 bits per heavy atom. The minimum Gasteiger partial charge on any atom is -0.383 e. The van der Waals surface area contributed by atoms with Crippen LogP contribution in [0.25, 0.3) is 17.0 Å². The first-order valence-electron chi connectivity index (χ1n) is 5.14. The Morgan fingerprint density at radius 3 is 2.88 bits per heavy atom. The van der Waals surface area contributed by atoms with Crippen molar-refractivity contribution >= 4 is 28.6 Å². The number of carbonyl (C=O) groups excluding carboxylic acids is 1. The Balaban J connectivity index is 2.43. The highest BCUT2D eigenvalue weighted by molar-refractivity contribution is 6.04. The number of carbonyl (C=O) groups is 1. The molecule has 0 saturated heterocycles. The SMILES string of the molecule is Nc1nc2ccccc2c2c1CC(=O)C=C2. The number of allylic oxidation sites excluding steroid dienone is 1. The van der Waals surface area contributed by atoms with E-state index in [2.05, 4.69) is 4.98 Å². The maximum absolute atomic E-state index is 11.3. The number of benzene rings is 1. The fraction of sp³-hybridized carbons (Fsp3) is 0.0769. The van der Waals surface area contributed by atoms with Gasteiger partial charge in [0.05, 0.1) is 5.52 Å². The summed E-state index contributed by atoms with van der Waals surface area (Å²) in [5.41, 5.74) is 8.63. The Kier molecular flexibility index (Phi) is 1.80. The van der Waals surface area contributed by atoms with E-state index >= 15 is 0 Å². The van der Waals surface area contributed by atoms with Crippen LogP contribution in [-0.4, -0.2) is 10.8 Å². The molecule has 1 aliphatic rings. The highest BCUT2D eigenvalue weighted by Crippen LogP contribution is 2.29. The second-order valence-electron chi connectivity index (χ2n) is 3.88. The summed E-state index contributed by atoms with van der Waals surface area (Å²) >= 11 is 0. The lowest BCUT2D eigenvalue weighted by molar-refractivity contribution is -0.114. The number of pyridine rings is 1. The van der Waals surface area contributed by atoms with Crippen LogP contribution in [0.2, 0.25) is 0 Å². The quantitative estimate of drug-likeness (QED) is 0.723. The number of aromatic nitrogens is 1. The van der Waals surface area contributed by atoms with E-state index in [-0.39, 0.29) is 5.78 Å². The van der Waals surface area contributed by atoms with Gasteiger partial charge in [0.15, 0.2) is 5.78 Å². The molecule has 3 nitrogen and oxygen atoms in total. The molecule has 0 bridgehead atoms. The van der Waals surface area contributed by atoms with Crippen molar-refractivity contribution in [3.05, 3.63) is 41.5 Å². The van der Waals surface area contributed by atoms with Gasteiger partial charge < -0.3 is 5.73 Å². The molecule has 2 aromatic rings. The molecule has 1 aromatic heterocycles. The molecule has 1 aliphatic carbocycles. The summed E-state index contributed by atoms with van der Waals surface area (Å²) in [6.07, 6.45) is 3.80. The van der Waals surface area contributed by atoms with Gasteiger partial charge >= 0.3 is 0 Å². The average Bonchev–Trinajstić information content (AvgIpc) is 2.29. The second-order valence-corrected chi connectivity index (χ2v) is 3.88. The summed E-state index contributed by atoms with van der Waals surface area (Å²) in [4.78, 5) is 15.7. The molecule has 0 spiro atoms. The van der Waals surface area contributed by atoms with Gasteiger partial charge in [0.25, 0.3) is 0 Å². The Morgan fingerprint density at radius 1 is 1.19 bits per heavy atom. The first-order chi connectivity index (χ1) is 7.75. The van der Waals surface area contributed by atoms with Gasteiger partial charge in [-0.15, -0.1) is 0 Å². The van der Waals surface area contributed by atoms with Crippen LogP contribution in [0.15, 0.2) is 30.3 Å². The number of ketones is 1. The van der Waals surface area contributed by atoms with Crippen LogP contribution in [0.4, 0.5) is 5.82 Å². The topological polar surface area (TPSA) is 56.0 Å². The van der Waals surface area contributed by atoms with Crippen molar-refractivity contribution < 1.29 is 4.79 Å². The lowest BCUT2D eigenvalue weighted by atomic mass is 9.94. The smallest absolute Gasteiger partial charge is 0.160 e. The molecular weight excluding hydrogens is 200 g/mol. The standard InChI is InChI=1S/C13H10N2O/c14-13-11-7-8(16)5-6-9(11)10-3-1-2-4-12(10)15-13/h1-6H,7H2,(H2,14,15). The van der Waals surface area contributed by atoms with Crippen molar-refractivity contribution in [1.82, 2.24) is 4.98 Å². The minimum atomic E-state index is 0.0799. The molecule has 0 amide bonds. The first-order valence-corrected chi connectivity index (χ1v) is 5.14. The summed E-state index contributed by atoms with van der Waals surface area (Å²) in [6, 6.07) is 7.82. The van der Waals surface area contributed by atoms with E-state index in [0.29, 0.717) is 12.2 Å². The molecule has 1 aromatic carbocycles. The zero-order valence-electron chi connectivity index (χ0n) is 8.60. The lowest BCUT2D eigenvalue weighted by Crippen LogP contribution is -2.10. The molecule has 0 atom stereocenters. The van der Waals surface area contributed by atoms with E-state index in [1.807, 2.05) is 30.3 Å². The normalized spacial score (nSPS) is 14.1. The minimum absolute atomic E-state index is 0.0799. The van der Waals surface area contributed by atoms with Gasteiger partial charge in [0.2, 0.25) is 0 Å². The summed E-state index contributed by atoms with van der Waals surface area (Å²) in [7, 11) is 0. The summed E-state index contributed by atoms with van der Waals surface area (Å²) in [6.45, 7) is 0. The monoisotopic (exact) mass is 210 g/mol. The molecule has 0 radical (unpaired) electrons. The number of para-hydroxylation sites is 1. The van der Waals surface area contributed by atoms with Crippen molar-refractivity contribution in [2.24, 2.45) is 0 Å². The van der Waals surface area contributed by atoms with E-state index in [0.717, 1.165) is 22.0 Å². The number of nitrogens with zero attached hydrogens (tertiary/aromatic N) is 1. The lowest BCUT2D eigenvalue weighted by Gasteiger charge is -2.14. The third-order valence-electron chi connectivity index (χ3n) is 2.86. The number of rotatable bonds is 0. The van der Waals surface area contributed by atoms with Crippen molar-refractivity contribution in [1.29, 1.82) is 0 Å². The number of nitrogens with two attached hydrogens (primary N) is 1.